The molecule has 0 aliphatic carbocycles. The first-order chi connectivity index (χ1) is 13.2. The quantitative estimate of drug-likeness (QED) is 0.696. The zero-order valence-electron chi connectivity index (χ0n) is 15.9. The lowest BCUT2D eigenvalue weighted by Gasteiger charge is -2.30. The maximum atomic E-state index is 12.9. The van der Waals surface area contributed by atoms with Crippen molar-refractivity contribution in [3.63, 3.8) is 0 Å². The summed E-state index contributed by atoms with van der Waals surface area (Å²) in [4.78, 5) is 24.5. The highest BCUT2D eigenvalue weighted by Crippen LogP contribution is 2.27. The first kappa shape index (κ1) is 21.2. The van der Waals surface area contributed by atoms with E-state index in [1.165, 1.54) is 25.3 Å². The monoisotopic (exact) mass is 405 g/mol. The van der Waals surface area contributed by atoms with E-state index in [9.17, 15) is 18.0 Å². The fourth-order valence-electron chi connectivity index (χ4n) is 2.83. The van der Waals surface area contributed by atoms with Crippen molar-refractivity contribution < 1.29 is 22.7 Å². The average molecular weight is 405 g/mol. The third-order valence-electron chi connectivity index (χ3n) is 4.09. The summed E-state index contributed by atoms with van der Waals surface area (Å²) in [5.74, 6) is -0.818. The lowest BCUT2D eigenvalue weighted by molar-refractivity contribution is -0.117. The lowest BCUT2D eigenvalue weighted by atomic mass is 10.1. The topological polar surface area (TPSA) is 119 Å². The zero-order chi connectivity index (χ0) is 20.9. The van der Waals surface area contributed by atoms with Gasteiger partial charge in [0.2, 0.25) is 15.9 Å². The molecule has 0 spiro atoms. The van der Waals surface area contributed by atoms with Crippen LogP contribution in [0.1, 0.15) is 23.7 Å². The van der Waals surface area contributed by atoms with Crippen molar-refractivity contribution >= 4 is 33.2 Å². The van der Waals surface area contributed by atoms with E-state index in [0.717, 1.165) is 10.6 Å². The molecule has 0 aliphatic heterocycles. The second kappa shape index (κ2) is 8.75. The lowest BCUT2D eigenvalue weighted by Crippen LogP contribution is -2.47. The summed E-state index contributed by atoms with van der Waals surface area (Å²) in [6.45, 7) is 1.70. The van der Waals surface area contributed by atoms with Crippen molar-refractivity contribution in [1.29, 1.82) is 0 Å². The van der Waals surface area contributed by atoms with Gasteiger partial charge in [-0.3, -0.25) is 13.9 Å². The number of nitrogens with zero attached hydrogens (tertiary/aromatic N) is 1. The molecule has 2 rings (SSSR count). The minimum absolute atomic E-state index is 0.137. The molecule has 1 atom stereocenters. The number of primary amides is 1. The van der Waals surface area contributed by atoms with Gasteiger partial charge in [0, 0.05) is 6.07 Å². The summed E-state index contributed by atoms with van der Waals surface area (Å²) in [6.07, 6.45) is 1.23. The molecular weight excluding hydrogens is 382 g/mol. The Bertz CT molecular complexity index is 975. The van der Waals surface area contributed by atoms with E-state index in [2.05, 4.69) is 5.32 Å². The van der Waals surface area contributed by atoms with Crippen molar-refractivity contribution in [2.75, 3.05) is 23.0 Å². The molecule has 0 fully saturated rings. The standard InChI is InChI=1S/C19H23N3O5S/c1-4-17(19(24)21-16-11-6-5-10-15(16)18(20)23)22(28(3,25)26)13-8-7-9-14(12-13)27-2/h5-12,17H,4H2,1-3H3,(H2,20,23)(H,21,24). The third-order valence-corrected chi connectivity index (χ3v) is 5.27. The number of amides is 2. The van der Waals surface area contributed by atoms with Crippen molar-refractivity contribution in [2.45, 2.75) is 19.4 Å². The van der Waals surface area contributed by atoms with Crippen LogP contribution in [0.5, 0.6) is 5.75 Å². The third kappa shape index (κ3) is 4.80. The molecule has 150 valence electrons. The predicted molar refractivity (Wildman–Crippen MR) is 108 cm³/mol. The van der Waals surface area contributed by atoms with Crippen molar-refractivity contribution in [3.8, 4) is 5.75 Å². The molecule has 2 amide bonds. The molecule has 2 aromatic carbocycles. The van der Waals surface area contributed by atoms with Gasteiger partial charge >= 0.3 is 0 Å². The first-order valence-corrected chi connectivity index (χ1v) is 10.4. The molecule has 9 heteroatoms. The van der Waals surface area contributed by atoms with Gasteiger partial charge in [-0.25, -0.2) is 8.42 Å². The highest BCUT2D eigenvalue weighted by Gasteiger charge is 2.32. The van der Waals surface area contributed by atoms with Crippen LogP contribution in [0.2, 0.25) is 0 Å². The number of nitrogens with two attached hydrogens (primary N) is 1. The van der Waals surface area contributed by atoms with Gasteiger partial charge < -0.3 is 15.8 Å². The number of carbonyl (C=O) groups excluding carboxylic acids is 2. The van der Waals surface area contributed by atoms with Crippen LogP contribution in [0, 0.1) is 0 Å². The van der Waals surface area contributed by atoms with Crippen LogP contribution >= 0.6 is 0 Å². The average Bonchev–Trinajstić information content (AvgIpc) is 2.65. The van der Waals surface area contributed by atoms with E-state index in [-0.39, 0.29) is 17.7 Å². The minimum Gasteiger partial charge on any atom is -0.497 e. The molecule has 2 aromatic rings. The maximum absolute atomic E-state index is 12.9. The van der Waals surface area contributed by atoms with Crippen molar-refractivity contribution in [1.82, 2.24) is 0 Å². The molecular formula is C19H23N3O5S. The molecule has 3 N–H and O–H groups in total. The molecule has 0 radical (unpaired) electrons. The van der Waals surface area contributed by atoms with Gasteiger partial charge in [-0.15, -0.1) is 0 Å². The minimum atomic E-state index is -3.79. The Morgan fingerprint density at radius 1 is 1.18 bits per heavy atom. The van der Waals surface area contributed by atoms with E-state index >= 15 is 0 Å². The Labute approximate surface area is 164 Å². The molecule has 0 aliphatic rings. The Morgan fingerprint density at radius 3 is 2.43 bits per heavy atom. The molecule has 0 saturated carbocycles. The van der Waals surface area contributed by atoms with Gasteiger partial charge in [0.25, 0.3) is 5.91 Å². The van der Waals surface area contributed by atoms with Gasteiger partial charge in [0.05, 0.1) is 30.3 Å². The number of nitrogens with one attached hydrogen (secondary N) is 1. The zero-order valence-corrected chi connectivity index (χ0v) is 16.7. The maximum Gasteiger partial charge on any atom is 0.250 e. The Hall–Kier alpha value is -3.07. The number of sulfonamides is 1. The second-order valence-electron chi connectivity index (χ2n) is 6.08. The molecule has 0 saturated heterocycles. The van der Waals surface area contributed by atoms with E-state index < -0.39 is 27.9 Å². The van der Waals surface area contributed by atoms with Crippen LogP contribution in [-0.4, -0.2) is 39.6 Å². The van der Waals surface area contributed by atoms with Gasteiger partial charge in [0.15, 0.2) is 0 Å². The number of para-hydroxylation sites is 1. The van der Waals surface area contributed by atoms with Crippen LogP contribution in [0.25, 0.3) is 0 Å². The van der Waals surface area contributed by atoms with Gasteiger partial charge in [-0.1, -0.05) is 25.1 Å². The number of hydrogen-bond donors (Lipinski definition) is 2. The van der Waals surface area contributed by atoms with Crippen molar-refractivity contribution in [3.05, 3.63) is 54.1 Å². The number of rotatable bonds is 8. The smallest absolute Gasteiger partial charge is 0.250 e. The Kier molecular flexibility index (Phi) is 6.63. The van der Waals surface area contributed by atoms with E-state index in [0.29, 0.717) is 11.4 Å². The number of anilines is 2. The van der Waals surface area contributed by atoms with Crippen LogP contribution in [-0.2, 0) is 14.8 Å². The number of ether oxygens (including phenoxy) is 1. The molecule has 28 heavy (non-hydrogen) atoms. The van der Waals surface area contributed by atoms with E-state index in [1.54, 1.807) is 37.3 Å². The Balaban J connectivity index is 2.44. The van der Waals surface area contributed by atoms with Crippen LogP contribution in [0.3, 0.4) is 0 Å². The normalized spacial score (nSPS) is 12.1. The number of hydrogen-bond acceptors (Lipinski definition) is 5. The largest absolute Gasteiger partial charge is 0.497 e. The number of methoxy groups -OCH3 is 1. The number of carbonyl (C=O) groups is 2. The van der Waals surface area contributed by atoms with Gasteiger partial charge in [-0.05, 0) is 30.7 Å². The fourth-order valence-corrected chi connectivity index (χ4v) is 4.03. The predicted octanol–water partition coefficient (Wildman–Crippen LogP) is 1.98. The molecule has 0 aromatic heterocycles. The number of benzene rings is 2. The molecule has 0 bridgehead atoms. The van der Waals surface area contributed by atoms with Crippen LogP contribution in [0.15, 0.2) is 48.5 Å². The second-order valence-corrected chi connectivity index (χ2v) is 7.94. The summed E-state index contributed by atoms with van der Waals surface area (Å²) >= 11 is 0. The molecule has 0 heterocycles. The summed E-state index contributed by atoms with van der Waals surface area (Å²) in [5, 5.41) is 2.62. The highest BCUT2D eigenvalue weighted by molar-refractivity contribution is 7.92. The van der Waals surface area contributed by atoms with Crippen LogP contribution in [0.4, 0.5) is 11.4 Å². The Morgan fingerprint density at radius 2 is 1.86 bits per heavy atom. The molecule has 8 nitrogen and oxygen atoms in total. The SMILES string of the molecule is CCC(C(=O)Nc1ccccc1C(N)=O)N(c1cccc(OC)c1)S(C)(=O)=O. The summed E-state index contributed by atoms with van der Waals surface area (Å²) in [6, 6.07) is 11.7. The van der Waals surface area contributed by atoms with Crippen molar-refractivity contribution in [2.24, 2.45) is 5.73 Å². The van der Waals surface area contributed by atoms with Gasteiger partial charge in [0.1, 0.15) is 11.8 Å². The molecule has 1 unspecified atom stereocenters. The summed E-state index contributed by atoms with van der Waals surface area (Å²) in [7, 11) is -2.33. The fraction of sp³-hybridized carbons (Fsp3) is 0.263. The van der Waals surface area contributed by atoms with E-state index in [4.69, 9.17) is 10.5 Å². The highest BCUT2D eigenvalue weighted by atomic mass is 32.2. The van der Waals surface area contributed by atoms with Crippen LogP contribution < -0.4 is 20.1 Å². The van der Waals surface area contributed by atoms with Gasteiger partial charge in [-0.2, -0.15) is 0 Å². The van der Waals surface area contributed by atoms with E-state index in [1.807, 2.05) is 0 Å². The first-order valence-electron chi connectivity index (χ1n) is 8.52. The summed E-state index contributed by atoms with van der Waals surface area (Å²) < 4.78 is 31.2. The summed E-state index contributed by atoms with van der Waals surface area (Å²) in [5.41, 5.74) is 6.00.